The number of fused-ring (bicyclic) bond motifs is 2. The minimum atomic E-state index is -1.39. The monoisotopic (exact) mass is 1330 g/mol. The van der Waals surface area contributed by atoms with E-state index in [-0.39, 0.29) is 207 Å². The van der Waals surface area contributed by atoms with Crippen molar-refractivity contribution in [1.29, 1.82) is 0 Å². The van der Waals surface area contributed by atoms with Gasteiger partial charge < -0.3 is 84.4 Å². The molecule has 1 aliphatic carbocycles. The van der Waals surface area contributed by atoms with Crippen molar-refractivity contribution in [3.63, 3.8) is 0 Å². The van der Waals surface area contributed by atoms with Crippen LogP contribution in [0.3, 0.4) is 0 Å². The standard InChI is InChI=1S/C60H70N10O25/c71-43-4-7-46-53(34-43)95-54-35-44(72)5-8-47(54)58(46)45-6-1-39(31-48(45)60(77)78)59(76)65-36-57(75)66-40(37-93-17-11-55(73)63-15-21-89-25-29-91-27-23-87-19-13-61-49-9-2-41(67(79)80)32-51(49)69(83)84)38-94-18-12-56(74)64-16-22-90-26-30-92-28-24-88-20-14-62-50-10-3-42(68(81)82)33-52(50)70(85)86/h1-10,31-35,40,61-62,71H,11-30,36-38H2,(H,63,73)(H,64,74)(H,65,76)(H,66,75)(H,77,78). The number of non-ortho nitro benzene ring substituents is 2. The Hall–Kier alpha value is -10.4. The Labute approximate surface area is 539 Å². The molecular formula is C60H70N10O25. The normalized spacial score (nSPS) is 11.1. The van der Waals surface area contributed by atoms with Crippen LogP contribution in [0.5, 0.6) is 5.75 Å². The predicted molar refractivity (Wildman–Crippen MR) is 336 cm³/mol. The number of carbonyl (C=O) groups is 5. The molecule has 35 nitrogen and oxygen atoms in total. The molecule has 0 radical (unpaired) electrons. The van der Waals surface area contributed by atoms with Gasteiger partial charge in [-0.05, 0) is 54.1 Å². The summed E-state index contributed by atoms with van der Waals surface area (Å²) in [6, 6.07) is 17.8. The molecule has 0 spiro atoms. The van der Waals surface area contributed by atoms with Crippen LogP contribution < -0.4 is 37.3 Å². The fraction of sp³-hybridized carbons (Fsp3) is 0.400. The van der Waals surface area contributed by atoms with Gasteiger partial charge in [0.05, 0.1) is 156 Å². The van der Waals surface area contributed by atoms with Gasteiger partial charge in [-0.25, -0.2) is 4.79 Å². The van der Waals surface area contributed by atoms with Crippen molar-refractivity contribution in [2.75, 3.05) is 149 Å². The van der Waals surface area contributed by atoms with Crippen LogP contribution in [0.4, 0.5) is 34.1 Å². The molecule has 6 rings (SSSR count). The summed E-state index contributed by atoms with van der Waals surface area (Å²) in [5.74, 6) is -3.64. The predicted octanol–water partition coefficient (Wildman–Crippen LogP) is 4.19. The first-order chi connectivity index (χ1) is 45.8. The fourth-order valence-corrected chi connectivity index (χ4v) is 8.85. The quantitative estimate of drug-likeness (QED) is 0.0115. The zero-order chi connectivity index (χ0) is 68.5. The Morgan fingerprint density at radius 1 is 0.495 bits per heavy atom. The van der Waals surface area contributed by atoms with E-state index in [9.17, 15) is 79.4 Å². The topological polar surface area (TPSA) is 475 Å². The highest BCUT2D eigenvalue weighted by Gasteiger charge is 2.25. The first kappa shape index (κ1) is 73.6. The Morgan fingerprint density at radius 2 is 0.979 bits per heavy atom. The fourth-order valence-electron chi connectivity index (χ4n) is 8.85. The number of hydrogen-bond acceptors (Lipinski definition) is 26. The molecule has 0 fully saturated rings. The first-order valence-corrected chi connectivity index (χ1v) is 29.4. The highest BCUT2D eigenvalue weighted by atomic mass is 16.6. The van der Waals surface area contributed by atoms with E-state index in [4.69, 9.17) is 42.3 Å². The van der Waals surface area contributed by atoms with Crippen LogP contribution in [0.25, 0.3) is 33.4 Å². The Balaban J connectivity index is 0.883. The van der Waals surface area contributed by atoms with Crippen LogP contribution in [-0.2, 0) is 52.3 Å². The largest absolute Gasteiger partial charge is 0.508 e. The van der Waals surface area contributed by atoms with E-state index in [0.717, 1.165) is 30.3 Å². The Bertz CT molecular complexity index is 3530. The lowest BCUT2D eigenvalue weighted by atomic mass is 9.90. The van der Waals surface area contributed by atoms with Crippen LogP contribution in [-0.4, -0.2) is 204 Å². The second-order valence-corrected chi connectivity index (χ2v) is 20.1. The Kier molecular flexibility index (Phi) is 30.4. The maximum atomic E-state index is 13.5. The molecule has 0 aromatic heterocycles. The third-order valence-electron chi connectivity index (χ3n) is 13.3. The lowest BCUT2D eigenvalue weighted by Gasteiger charge is -2.19. The third-order valence-corrected chi connectivity index (χ3v) is 13.3. The van der Waals surface area contributed by atoms with Crippen LogP contribution in [0.1, 0.15) is 33.6 Å². The molecule has 0 bridgehead atoms. The van der Waals surface area contributed by atoms with Gasteiger partial charge in [-0.15, -0.1) is 0 Å². The van der Waals surface area contributed by atoms with Crippen molar-refractivity contribution >= 4 is 74.7 Å². The van der Waals surface area contributed by atoms with E-state index in [1.54, 1.807) is 0 Å². The van der Waals surface area contributed by atoms with Gasteiger partial charge in [-0.2, -0.15) is 0 Å². The number of hydrogen-bond donors (Lipinski definition) is 8. The average Bonchev–Trinajstić information content (AvgIpc) is 0.754. The summed E-state index contributed by atoms with van der Waals surface area (Å²) in [5.41, 5.74) is -1.15. The maximum Gasteiger partial charge on any atom is 0.336 e. The molecule has 2 aliphatic rings. The summed E-state index contributed by atoms with van der Waals surface area (Å²) < 4.78 is 50.1. The number of nitro groups is 4. The Morgan fingerprint density at radius 3 is 1.46 bits per heavy atom. The number of nitrogens with one attached hydrogen (secondary N) is 6. The molecule has 0 atom stereocenters. The molecule has 1 aliphatic heterocycles. The van der Waals surface area contributed by atoms with E-state index in [1.807, 2.05) is 0 Å². The molecular weight excluding hydrogens is 1260 g/mol. The number of benzene rings is 5. The third kappa shape index (κ3) is 24.9. The second kappa shape index (κ2) is 39.2. The molecule has 0 saturated heterocycles. The van der Waals surface area contributed by atoms with E-state index >= 15 is 0 Å². The summed E-state index contributed by atoms with van der Waals surface area (Å²) in [7, 11) is 0. The molecule has 8 N–H and O–H groups in total. The van der Waals surface area contributed by atoms with Crippen molar-refractivity contribution in [3.8, 4) is 28.2 Å². The highest BCUT2D eigenvalue weighted by Crippen LogP contribution is 2.42. The van der Waals surface area contributed by atoms with Gasteiger partial charge in [0.25, 0.3) is 28.7 Å². The first-order valence-electron chi connectivity index (χ1n) is 29.4. The molecule has 95 heavy (non-hydrogen) atoms. The molecule has 510 valence electrons. The van der Waals surface area contributed by atoms with Crippen molar-refractivity contribution < 1.29 is 96.2 Å². The SMILES string of the molecule is O=C(CCOCC(COCCC(=O)NCCOCCOCCOCCNc1ccc([N+](=O)[O-])cc1[N+](=O)[O-])NC(=O)CNC(=O)c1ccc(-c2c3ccc(=O)cc-3oc3cc(O)ccc23)c(C(=O)O)c1)NCCOCCOCCOCCNc1ccc([N+](=O)[O-])cc1[N+](=O)[O-]. The molecule has 4 aromatic rings. The number of aromatic carboxylic acids is 1. The van der Waals surface area contributed by atoms with E-state index < -0.39 is 72.8 Å². The number of amides is 4. The summed E-state index contributed by atoms with van der Waals surface area (Å²) in [6.07, 6.45) is -0.151. The molecule has 35 heteroatoms. The van der Waals surface area contributed by atoms with Crippen LogP contribution in [0.2, 0.25) is 0 Å². The smallest absolute Gasteiger partial charge is 0.336 e. The van der Waals surface area contributed by atoms with E-state index in [1.165, 1.54) is 60.7 Å². The van der Waals surface area contributed by atoms with Crippen LogP contribution >= 0.6 is 0 Å². The van der Waals surface area contributed by atoms with Crippen molar-refractivity contribution in [3.05, 3.63) is 153 Å². The van der Waals surface area contributed by atoms with Gasteiger partial charge in [0, 0.05) is 85.4 Å². The molecule has 4 amide bonds. The zero-order valence-corrected chi connectivity index (χ0v) is 51.1. The minimum absolute atomic E-state index is 0.0755. The van der Waals surface area contributed by atoms with Gasteiger partial charge in [-0.1, -0.05) is 6.07 Å². The van der Waals surface area contributed by atoms with Gasteiger partial charge in [0.2, 0.25) is 17.7 Å². The van der Waals surface area contributed by atoms with Gasteiger partial charge in [0.1, 0.15) is 28.5 Å². The summed E-state index contributed by atoms with van der Waals surface area (Å²) >= 11 is 0. The number of phenolic OH excluding ortho intramolecular Hbond substituents is 1. The number of nitrogens with zero attached hydrogens (tertiary/aromatic N) is 4. The summed E-state index contributed by atoms with van der Waals surface area (Å²) in [5, 5.41) is 81.7. The van der Waals surface area contributed by atoms with Crippen molar-refractivity contribution in [2.24, 2.45) is 0 Å². The maximum absolute atomic E-state index is 13.5. The number of rotatable bonds is 46. The number of carbonyl (C=O) groups excluding carboxylic acids is 4. The lowest BCUT2D eigenvalue weighted by molar-refractivity contribution is -0.393. The minimum Gasteiger partial charge on any atom is -0.508 e. The molecule has 0 unspecified atom stereocenters. The molecule has 0 saturated carbocycles. The zero-order valence-electron chi connectivity index (χ0n) is 51.1. The summed E-state index contributed by atoms with van der Waals surface area (Å²) in [4.78, 5) is 119. The lowest BCUT2D eigenvalue weighted by Crippen LogP contribution is -2.46. The van der Waals surface area contributed by atoms with Crippen LogP contribution in [0, 0.1) is 40.5 Å². The van der Waals surface area contributed by atoms with Crippen LogP contribution in [0.15, 0.2) is 100 Å². The second-order valence-electron chi connectivity index (χ2n) is 20.1. The number of nitro benzene ring substituents is 4. The molecule has 1 heterocycles. The van der Waals surface area contributed by atoms with E-state index in [2.05, 4.69) is 31.9 Å². The number of phenols is 1. The van der Waals surface area contributed by atoms with Gasteiger partial charge in [0.15, 0.2) is 5.43 Å². The van der Waals surface area contributed by atoms with Crippen molar-refractivity contribution in [1.82, 2.24) is 21.3 Å². The van der Waals surface area contributed by atoms with E-state index in [0.29, 0.717) is 16.5 Å². The number of carboxylic acid groups (broad SMARTS) is 1. The number of aromatic hydroxyl groups is 1. The number of ether oxygens (including phenoxy) is 8. The highest BCUT2D eigenvalue weighted by molar-refractivity contribution is 6.09. The number of carboxylic acids is 1. The van der Waals surface area contributed by atoms with Crippen molar-refractivity contribution in [2.45, 2.75) is 18.9 Å². The molecule has 4 aromatic carbocycles. The van der Waals surface area contributed by atoms with Gasteiger partial charge in [-0.3, -0.25) is 64.4 Å². The number of anilines is 2. The average molecular weight is 1330 g/mol. The summed E-state index contributed by atoms with van der Waals surface area (Å²) in [6.45, 7) is 2.04. The van der Waals surface area contributed by atoms with Gasteiger partial charge >= 0.3 is 5.97 Å².